The number of nitrogens with zero attached hydrogens (tertiary/aromatic N) is 1. The molecular formula is C12H21NO. The second-order valence-electron chi connectivity index (χ2n) is 3.47. The minimum absolute atomic E-state index is 0.116. The molecule has 0 radical (unpaired) electrons. The summed E-state index contributed by atoms with van der Waals surface area (Å²) < 4.78 is 0. The summed E-state index contributed by atoms with van der Waals surface area (Å²) in [5.74, 6) is 0. The molecule has 0 aromatic rings. The van der Waals surface area contributed by atoms with E-state index in [9.17, 15) is 4.91 Å². The molecule has 2 nitrogen and oxygen atoms in total. The standard InChI is InChI=1S/C12H21NO/c1-4-6-7-8-10-11(3)12(13-14)9-5-2/h6-7,10,12H,4-5,8-9H2,1-3H3/b7-6+,11-10-. The maximum Gasteiger partial charge on any atom is 0.113 e. The van der Waals surface area contributed by atoms with Crippen LogP contribution in [0.4, 0.5) is 0 Å². The van der Waals surface area contributed by atoms with E-state index in [1.165, 1.54) is 0 Å². The summed E-state index contributed by atoms with van der Waals surface area (Å²) in [5.41, 5.74) is 1.10. The molecule has 0 aliphatic rings. The molecule has 0 N–H and O–H groups in total. The van der Waals surface area contributed by atoms with E-state index >= 15 is 0 Å². The van der Waals surface area contributed by atoms with Crippen LogP contribution < -0.4 is 0 Å². The van der Waals surface area contributed by atoms with Crippen molar-refractivity contribution in [3.63, 3.8) is 0 Å². The maximum absolute atomic E-state index is 10.5. The largest absolute Gasteiger partial charge is 0.150 e. The topological polar surface area (TPSA) is 29.4 Å². The average Bonchev–Trinajstić information content (AvgIpc) is 2.20. The van der Waals surface area contributed by atoms with E-state index in [0.29, 0.717) is 0 Å². The van der Waals surface area contributed by atoms with E-state index < -0.39 is 0 Å². The Bertz CT molecular complexity index is 206. The molecule has 0 aliphatic carbocycles. The van der Waals surface area contributed by atoms with Crippen LogP contribution >= 0.6 is 0 Å². The Morgan fingerprint density at radius 3 is 2.57 bits per heavy atom. The third-order valence-electron chi connectivity index (χ3n) is 2.19. The summed E-state index contributed by atoms with van der Waals surface area (Å²) in [6.45, 7) is 6.17. The van der Waals surface area contributed by atoms with Crippen LogP contribution in [-0.4, -0.2) is 6.04 Å². The van der Waals surface area contributed by atoms with Crippen molar-refractivity contribution in [1.29, 1.82) is 0 Å². The summed E-state index contributed by atoms with van der Waals surface area (Å²) in [7, 11) is 0. The Balaban J connectivity index is 4.05. The van der Waals surface area contributed by atoms with Gasteiger partial charge in [0.15, 0.2) is 0 Å². The van der Waals surface area contributed by atoms with Gasteiger partial charge in [0, 0.05) is 0 Å². The number of rotatable bonds is 7. The average molecular weight is 195 g/mol. The second kappa shape index (κ2) is 8.67. The van der Waals surface area contributed by atoms with Gasteiger partial charge >= 0.3 is 0 Å². The van der Waals surface area contributed by atoms with E-state index in [2.05, 4.69) is 37.3 Å². The molecule has 14 heavy (non-hydrogen) atoms. The molecule has 1 atom stereocenters. The molecule has 0 rings (SSSR count). The predicted octanol–water partition coefficient (Wildman–Crippen LogP) is 4.22. The van der Waals surface area contributed by atoms with Crippen LogP contribution in [0.1, 0.15) is 46.5 Å². The summed E-state index contributed by atoms with van der Waals surface area (Å²) in [5, 5.41) is 3.13. The minimum atomic E-state index is -0.116. The molecule has 0 amide bonds. The molecule has 0 aliphatic heterocycles. The second-order valence-corrected chi connectivity index (χ2v) is 3.47. The van der Waals surface area contributed by atoms with Crippen molar-refractivity contribution in [1.82, 2.24) is 0 Å². The molecule has 80 valence electrons. The Kier molecular flexibility index (Phi) is 8.10. The van der Waals surface area contributed by atoms with Gasteiger partial charge in [-0.1, -0.05) is 43.7 Å². The van der Waals surface area contributed by atoms with Gasteiger partial charge in [0.2, 0.25) is 0 Å². The molecule has 0 spiro atoms. The van der Waals surface area contributed by atoms with Crippen molar-refractivity contribution in [2.24, 2.45) is 5.18 Å². The summed E-state index contributed by atoms with van der Waals surface area (Å²) >= 11 is 0. The molecular weight excluding hydrogens is 174 g/mol. The van der Waals surface area contributed by atoms with E-state index in [1.54, 1.807) is 0 Å². The van der Waals surface area contributed by atoms with Crippen LogP contribution in [0.2, 0.25) is 0 Å². The highest BCUT2D eigenvalue weighted by Crippen LogP contribution is 2.12. The Hall–Kier alpha value is -0.920. The van der Waals surface area contributed by atoms with Crippen LogP contribution in [0, 0.1) is 4.91 Å². The van der Waals surface area contributed by atoms with Crippen LogP contribution in [0.5, 0.6) is 0 Å². The first-order valence-corrected chi connectivity index (χ1v) is 5.40. The summed E-state index contributed by atoms with van der Waals surface area (Å²) in [4.78, 5) is 10.5. The lowest BCUT2D eigenvalue weighted by Crippen LogP contribution is -2.04. The fraction of sp³-hybridized carbons (Fsp3) is 0.667. The van der Waals surface area contributed by atoms with E-state index in [4.69, 9.17) is 0 Å². The van der Waals surface area contributed by atoms with Gasteiger partial charge in [0.05, 0.1) is 0 Å². The fourth-order valence-electron chi connectivity index (χ4n) is 1.29. The number of hydrogen-bond donors (Lipinski definition) is 0. The summed E-state index contributed by atoms with van der Waals surface area (Å²) in [6.07, 6.45) is 10.2. The molecule has 2 heteroatoms. The van der Waals surface area contributed by atoms with Gasteiger partial charge in [-0.3, -0.25) is 0 Å². The highest BCUT2D eigenvalue weighted by molar-refractivity contribution is 5.09. The Labute approximate surface area is 87.1 Å². The van der Waals surface area contributed by atoms with Gasteiger partial charge in [-0.2, -0.15) is 4.91 Å². The van der Waals surface area contributed by atoms with Crippen molar-refractivity contribution < 1.29 is 0 Å². The monoisotopic (exact) mass is 195 g/mol. The van der Waals surface area contributed by atoms with Crippen molar-refractivity contribution in [3.05, 3.63) is 28.7 Å². The number of allylic oxidation sites excluding steroid dienone is 3. The van der Waals surface area contributed by atoms with Gasteiger partial charge in [0.25, 0.3) is 0 Å². The van der Waals surface area contributed by atoms with Gasteiger partial charge in [-0.05, 0) is 31.8 Å². The van der Waals surface area contributed by atoms with E-state index in [-0.39, 0.29) is 6.04 Å². The lowest BCUT2D eigenvalue weighted by molar-refractivity contribution is 0.669. The first-order valence-electron chi connectivity index (χ1n) is 5.40. The number of hydrogen-bond acceptors (Lipinski definition) is 2. The zero-order valence-electron chi connectivity index (χ0n) is 9.49. The van der Waals surface area contributed by atoms with E-state index in [0.717, 1.165) is 31.3 Å². The molecule has 0 heterocycles. The smallest absolute Gasteiger partial charge is 0.113 e. The maximum atomic E-state index is 10.5. The molecule has 0 fully saturated rings. The minimum Gasteiger partial charge on any atom is -0.150 e. The molecule has 0 saturated heterocycles. The van der Waals surface area contributed by atoms with Crippen molar-refractivity contribution in [2.45, 2.75) is 52.5 Å². The predicted molar refractivity (Wildman–Crippen MR) is 62.3 cm³/mol. The normalized spacial score (nSPS) is 14.6. The van der Waals surface area contributed by atoms with Gasteiger partial charge < -0.3 is 0 Å². The molecule has 0 saturated carbocycles. The SMILES string of the molecule is CC/C=C/C/C=C(/C)C(CCC)N=O. The Morgan fingerprint density at radius 2 is 2.07 bits per heavy atom. The third kappa shape index (κ3) is 5.68. The Morgan fingerprint density at radius 1 is 1.36 bits per heavy atom. The van der Waals surface area contributed by atoms with Gasteiger partial charge in [0.1, 0.15) is 6.04 Å². The van der Waals surface area contributed by atoms with Crippen LogP contribution in [0.3, 0.4) is 0 Å². The van der Waals surface area contributed by atoms with Crippen molar-refractivity contribution in [2.75, 3.05) is 0 Å². The molecule has 0 bridgehead atoms. The third-order valence-corrected chi connectivity index (χ3v) is 2.19. The molecule has 0 aromatic heterocycles. The van der Waals surface area contributed by atoms with Gasteiger partial charge in [-0.15, -0.1) is 0 Å². The summed E-state index contributed by atoms with van der Waals surface area (Å²) in [6, 6.07) is -0.116. The van der Waals surface area contributed by atoms with Crippen LogP contribution in [0.15, 0.2) is 29.0 Å². The number of nitroso groups, excluding NO2 is 1. The first-order chi connectivity index (χ1) is 6.76. The lowest BCUT2D eigenvalue weighted by atomic mass is 10.0. The highest BCUT2D eigenvalue weighted by Gasteiger charge is 2.08. The van der Waals surface area contributed by atoms with Crippen molar-refractivity contribution >= 4 is 0 Å². The fourth-order valence-corrected chi connectivity index (χ4v) is 1.29. The zero-order chi connectivity index (χ0) is 10.8. The molecule has 1 unspecified atom stereocenters. The lowest BCUT2D eigenvalue weighted by Gasteiger charge is -2.07. The van der Waals surface area contributed by atoms with Crippen molar-refractivity contribution in [3.8, 4) is 0 Å². The highest BCUT2D eigenvalue weighted by atomic mass is 16.3. The van der Waals surface area contributed by atoms with Gasteiger partial charge in [-0.25, -0.2) is 0 Å². The van der Waals surface area contributed by atoms with E-state index in [1.807, 2.05) is 6.92 Å². The van der Waals surface area contributed by atoms with Crippen LogP contribution in [-0.2, 0) is 0 Å². The van der Waals surface area contributed by atoms with Crippen LogP contribution in [0.25, 0.3) is 0 Å². The zero-order valence-corrected chi connectivity index (χ0v) is 9.49. The molecule has 0 aromatic carbocycles. The quantitative estimate of drug-likeness (QED) is 0.441. The first kappa shape index (κ1) is 13.1.